The van der Waals surface area contributed by atoms with Gasteiger partial charge >= 0.3 is 6.03 Å². The minimum Gasteiger partial charge on any atom is -0.378 e. The van der Waals surface area contributed by atoms with Gasteiger partial charge in [0, 0.05) is 31.2 Å². The molecule has 1 aliphatic rings. The standard InChI is InChI=1S/C22H32N4O2/c1-6-28-17-11-13-25(14-12-17)21(27)23-20-15-19(22(3,4)5)24-26(20)18-10-8-7-9-16(18)2/h7-10,15,17H,6,11-14H2,1-5H3,(H,23,27). The van der Waals surface area contributed by atoms with Gasteiger partial charge in [0.05, 0.1) is 17.5 Å². The zero-order chi connectivity index (χ0) is 20.3. The molecule has 1 aromatic heterocycles. The minimum absolute atomic E-state index is 0.0786. The Balaban J connectivity index is 1.82. The number of likely N-dealkylation sites (tertiary alicyclic amines) is 1. The quantitative estimate of drug-likeness (QED) is 0.844. The Hall–Kier alpha value is -2.34. The van der Waals surface area contributed by atoms with Crippen molar-refractivity contribution in [1.29, 1.82) is 0 Å². The molecule has 1 saturated heterocycles. The Kier molecular flexibility index (Phi) is 6.08. The number of aromatic nitrogens is 2. The van der Waals surface area contributed by atoms with Gasteiger partial charge in [-0.1, -0.05) is 39.0 Å². The number of rotatable bonds is 4. The van der Waals surface area contributed by atoms with Crippen molar-refractivity contribution in [3.63, 3.8) is 0 Å². The first kappa shape index (κ1) is 20.4. The third kappa shape index (κ3) is 4.55. The van der Waals surface area contributed by atoms with Crippen molar-refractivity contribution in [2.24, 2.45) is 0 Å². The van der Waals surface area contributed by atoms with Gasteiger partial charge in [-0.05, 0) is 38.3 Å². The van der Waals surface area contributed by atoms with Crippen LogP contribution in [0.25, 0.3) is 5.69 Å². The molecule has 6 nitrogen and oxygen atoms in total. The number of ether oxygens (including phenoxy) is 1. The Labute approximate surface area is 167 Å². The highest BCUT2D eigenvalue weighted by molar-refractivity contribution is 5.89. The molecule has 2 aromatic rings. The van der Waals surface area contributed by atoms with Gasteiger partial charge in [-0.15, -0.1) is 0 Å². The van der Waals surface area contributed by atoms with E-state index in [-0.39, 0.29) is 17.6 Å². The smallest absolute Gasteiger partial charge is 0.323 e. The largest absolute Gasteiger partial charge is 0.378 e. The summed E-state index contributed by atoms with van der Waals surface area (Å²) in [6, 6.07) is 9.98. The molecule has 0 saturated carbocycles. The number of amides is 2. The Morgan fingerprint density at radius 1 is 1.25 bits per heavy atom. The normalized spacial score (nSPS) is 15.7. The number of piperidine rings is 1. The lowest BCUT2D eigenvalue weighted by Gasteiger charge is -2.31. The van der Waals surface area contributed by atoms with Gasteiger partial charge in [0.25, 0.3) is 0 Å². The fourth-order valence-electron chi connectivity index (χ4n) is 3.47. The maximum atomic E-state index is 12.9. The van der Waals surface area contributed by atoms with Crippen molar-refractivity contribution < 1.29 is 9.53 Å². The summed E-state index contributed by atoms with van der Waals surface area (Å²) in [5.41, 5.74) is 2.92. The van der Waals surface area contributed by atoms with E-state index in [2.05, 4.69) is 39.1 Å². The highest BCUT2D eigenvalue weighted by Crippen LogP contribution is 2.27. The zero-order valence-electron chi connectivity index (χ0n) is 17.7. The molecular weight excluding hydrogens is 352 g/mol. The topological polar surface area (TPSA) is 59.4 Å². The van der Waals surface area contributed by atoms with Crippen molar-refractivity contribution in [3.8, 4) is 5.69 Å². The molecule has 0 unspecified atom stereocenters. The van der Waals surface area contributed by atoms with Crippen molar-refractivity contribution in [3.05, 3.63) is 41.6 Å². The Morgan fingerprint density at radius 3 is 2.54 bits per heavy atom. The van der Waals surface area contributed by atoms with E-state index in [1.54, 1.807) is 0 Å². The lowest BCUT2D eigenvalue weighted by atomic mass is 9.92. The van der Waals surface area contributed by atoms with Crippen molar-refractivity contribution in [2.45, 2.75) is 59.0 Å². The molecule has 2 heterocycles. The van der Waals surface area contributed by atoms with E-state index in [1.807, 2.05) is 40.8 Å². The second-order valence-electron chi connectivity index (χ2n) is 8.44. The number of hydrogen-bond acceptors (Lipinski definition) is 3. The minimum atomic E-state index is -0.108. The molecular formula is C22H32N4O2. The van der Waals surface area contributed by atoms with Gasteiger partial charge in [0.15, 0.2) is 0 Å². The van der Waals surface area contributed by atoms with Crippen molar-refractivity contribution in [2.75, 3.05) is 25.0 Å². The molecule has 1 aromatic carbocycles. The highest BCUT2D eigenvalue weighted by atomic mass is 16.5. The molecule has 152 valence electrons. The summed E-state index contributed by atoms with van der Waals surface area (Å²) < 4.78 is 7.54. The van der Waals surface area contributed by atoms with Crippen LogP contribution in [0.3, 0.4) is 0 Å². The molecule has 0 bridgehead atoms. The van der Waals surface area contributed by atoms with Crippen LogP contribution in [0.4, 0.5) is 10.6 Å². The highest BCUT2D eigenvalue weighted by Gasteiger charge is 2.26. The second kappa shape index (κ2) is 8.35. The predicted molar refractivity (Wildman–Crippen MR) is 112 cm³/mol. The maximum absolute atomic E-state index is 12.9. The number of carbonyl (C=O) groups excluding carboxylic acids is 1. The molecule has 3 rings (SSSR count). The molecule has 0 spiro atoms. The van der Waals surface area contributed by atoms with Crippen LogP contribution in [0.1, 0.15) is 51.8 Å². The van der Waals surface area contributed by atoms with Gasteiger partial charge in [-0.2, -0.15) is 5.10 Å². The molecule has 1 aliphatic heterocycles. The molecule has 0 aliphatic carbocycles. The summed E-state index contributed by atoms with van der Waals surface area (Å²) in [6.45, 7) is 12.6. The second-order valence-corrected chi connectivity index (χ2v) is 8.44. The summed E-state index contributed by atoms with van der Waals surface area (Å²) in [5.74, 6) is 0.705. The van der Waals surface area contributed by atoms with E-state index in [9.17, 15) is 4.79 Å². The Morgan fingerprint density at radius 2 is 1.93 bits per heavy atom. The van der Waals surface area contributed by atoms with Crippen LogP contribution in [0.15, 0.2) is 30.3 Å². The number of urea groups is 1. The van der Waals surface area contributed by atoms with Crippen molar-refractivity contribution in [1.82, 2.24) is 14.7 Å². The molecule has 0 radical (unpaired) electrons. The average Bonchev–Trinajstić information content (AvgIpc) is 3.07. The van der Waals surface area contributed by atoms with E-state index in [0.29, 0.717) is 18.9 Å². The maximum Gasteiger partial charge on any atom is 0.323 e. The van der Waals surface area contributed by atoms with Crippen LogP contribution in [-0.2, 0) is 10.2 Å². The molecule has 1 fully saturated rings. The van der Waals surface area contributed by atoms with E-state index in [1.165, 1.54) is 0 Å². The van der Waals surface area contributed by atoms with Crippen LogP contribution in [-0.4, -0.2) is 46.5 Å². The first-order chi connectivity index (χ1) is 13.3. The predicted octanol–water partition coefficient (Wildman–Crippen LogP) is 4.51. The fourth-order valence-corrected chi connectivity index (χ4v) is 3.47. The summed E-state index contributed by atoms with van der Waals surface area (Å²) in [6.07, 6.45) is 2.02. The lowest BCUT2D eigenvalue weighted by Crippen LogP contribution is -2.43. The van der Waals surface area contributed by atoms with E-state index < -0.39 is 0 Å². The summed E-state index contributed by atoms with van der Waals surface area (Å²) in [4.78, 5) is 14.8. The van der Waals surface area contributed by atoms with Crippen LogP contribution in [0.5, 0.6) is 0 Å². The van der Waals surface area contributed by atoms with Gasteiger partial charge in [0.1, 0.15) is 5.82 Å². The number of para-hydroxylation sites is 1. The first-order valence-electron chi connectivity index (χ1n) is 10.1. The lowest BCUT2D eigenvalue weighted by molar-refractivity contribution is 0.0232. The van der Waals surface area contributed by atoms with Gasteiger partial charge in [-0.25, -0.2) is 9.48 Å². The zero-order valence-corrected chi connectivity index (χ0v) is 17.7. The monoisotopic (exact) mass is 384 g/mol. The summed E-state index contributed by atoms with van der Waals surface area (Å²) in [5, 5.41) is 7.90. The fraction of sp³-hybridized carbons (Fsp3) is 0.545. The Bertz CT molecular complexity index is 814. The molecule has 0 atom stereocenters. The van der Waals surface area contributed by atoms with Gasteiger partial charge in [0.2, 0.25) is 0 Å². The molecule has 1 N–H and O–H groups in total. The number of benzene rings is 1. The average molecular weight is 385 g/mol. The van der Waals surface area contributed by atoms with Crippen molar-refractivity contribution >= 4 is 11.8 Å². The number of hydrogen-bond donors (Lipinski definition) is 1. The molecule has 28 heavy (non-hydrogen) atoms. The van der Waals surface area contributed by atoms with Gasteiger partial charge < -0.3 is 9.64 Å². The van der Waals surface area contributed by atoms with E-state index >= 15 is 0 Å². The first-order valence-corrected chi connectivity index (χ1v) is 10.1. The van der Waals surface area contributed by atoms with Crippen LogP contribution in [0, 0.1) is 6.92 Å². The molecule has 6 heteroatoms. The third-order valence-electron chi connectivity index (χ3n) is 5.19. The van der Waals surface area contributed by atoms with E-state index in [0.717, 1.165) is 36.4 Å². The number of nitrogens with one attached hydrogen (secondary N) is 1. The van der Waals surface area contributed by atoms with Crippen LogP contribution in [0.2, 0.25) is 0 Å². The van der Waals surface area contributed by atoms with E-state index in [4.69, 9.17) is 9.84 Å². The third-order valence-corrected chi connectivity index (χ3v) is 5.19. The number of carbonyl (C=O) groups is 1. The SMILES string of the molecule is CCOC1CCN(C(=O)Nc2cc(C(C)(C)C)nn2-c2ccccc2C)CC1. The van der Waals surface area contributed by atoms with Crippen LogP contribution < -0.4 is 5.32 Å². The number of anilines is 1. The number of nitrogens with zero attached hydrogens (tertiary/aromatic N) is 3. The number of aryl methyl sites for hydroxylation is 1. The van der Waals surface area contributed by atoms with Crippen LogP contribution >= 0.6 is 0 Å². The van der Waals surface area contributed by atoms with Gasteiger partial charge in [-0.3, -0.25) is 5.32 Å². The molecule has 2 amide bonds. The summed E-state index contributed by atoms with van der Waals surface area (Å²) in [7, 11) is 0. The summed E-state index contributed by atoms with van der Waals surface area (Å²) >= 11 is 0.